The van der Waals surface area contributed by atoms with Crippen LogP contribution in [0.5, 0.6) is 0 Å². The van der Waals surface area contributed by atoms with E-state index in [0.717, 1.165) is 67.9 Å². The molecule has 3 aromatic rings. The average molecular weight is 407 g/mol. The van der Waals surface area contributed by atoms with Crippen molar-refractivity contribution in [1.29, 1.82) is 0 Å². The molecule has 2 aliphatic rings. The van der Waals surface area contributed by atoms with E-state index in [1.54, 1.807) is 17.7 Å². The van der Waals surface area contributed by atoms with E-state index in [-0.39, 0.29) is 5.92 Å². The summed E-state index contributed by atoms with van der Waals surface area (Å²) >= 11 is 1.71. The standard InChI is InChI=1S/C23H26N4OS/c28-23(27-11-5-2-6-12-27)18-9-13-26(14-10-18)21-19-15-20(17-7-3-1-4-8-17)29-22(19)25-16-24-21/h1,3-4,7-8,15-16,18H,2,5-6,9-14H2. The Morgan fingerprint density at radius 2 is 1.72 bits per heavy atom. The smallest absolute Gasteiger partial charge is 0.225 e. The Bertz CT molecular complexity index is 989. The van der Waals surface area contributed by atoms with Gasteiger partial charge < -0.3 is 9.80 Å². The second-order valence-electron chi connectivity index (χ2n) is 8.04. The minimum Gasteiger partial charge on any atom is -0.356 e. The Hall–Kier alpha value is -2.47. The van der Waals surface area contributed by atoms with E-state index in [1.165, 1.54) is 16.9 Å². The van der Waals surface area contributed by atoms with Crippen LogP contribution < -0.4 is 4.90 Å². The first-order valence-electron chi connectivity index (χ1n) is 10.6. The number of likely N-dealkylation sites (tertiary alicyclic amines) is 1. The highest BCUT2D eigenvalue weighted by Gasteiger charge is 2.30. The van der Waals surface area contributed by atoms with E-state index in [9.17, 15) is 4.79 Å². The second-order valence-corrected chi connectivity index (χ2v) is 9.07. The van der Waals surface area contributed by atoms with E-state index in [2.05, 4.69) is 50.1 Å². The lowest BCUT2D eigenvalue weighted by molar-refractivity contribution is -0.137. The molecule has 0 atom stereocenters. The van der Waals surface area contributed by atoms with Crippen LogP contribution >= 0.6 is 11.3 Å². The quantitative estimate of drug-likeness (QED) is 0.638. The van der Waals surface area contributed by atoms with Crippen LogP contribution in [-0.4, -0.2) is 47.0 Å². The molecule has 0 saturated carbocycles. The lowest BCUT2D eigenvalue weighted by Gasteiger charge is -2.36. The van der Waals surface area contributed by atoms with Gasteiger partial charge in [-0.2, -0.15) is 0 Å². The normalized spacial score (nSPS) is 18.3. The summed E-state index contributed by atoms with van der Waals surface area (Å²) in [6.07, 6.45) is 7.08. The molecule has 5 rings (SSSR count). The molecule has 1 aromatic carbocycles. The van der Waals surface area contributed by atoms with Gasteiger partial charge in [-0.1, -0.05) is 30.3 Å². The Kier molecular flexibility index (Phi) is 5.19. The van der Waals surface area contributed by atoms with E-state index >= 15 is 0 Å². The van der Waals surface area contributed by atoms with Gasteiger partial charge in [0, 0.05) is 37.0 Å². The number of carbonyl (C=O) groups excluding carboxylic acids is 1. The van der Waals surface area contributed by atoms with Crippen LogP contribution in [-0.2, 0) is 4.79 Å². The summed E-state index contributed by atoms with van der Waals surface area (Å²) in [7, 11) is 0. The number of nitrogens with zero attached hydrogens (tertiary/aromatic N) is 4. The summed E-state index contributed by atoms with van der Waals surface area (Å²) in [5.41, 5.74) is 1.22. The SMILES string of the molecule is O=C(C1CCN(c2ncnc3sc(-c4ccccc4)cc23)CC1)N1CCCCC1. The first-order chi connectivity index (χ1) is 14.3. The number of benzene rings is 1. The van der Waals surface area contributed by atoms with E-state index in [1.807, 2.05) is 6.07 Å². The number of amides is 1. The fourth-order valence-electron chi connectivity index (χ4n) is 4.55. The number of anilines is 1. The fourth-order valence-corrected chi connectivity index (χ4v) is 5.55. The van der Waals surface area contributed by atoms with Crippen LogP contribution in [0.25, 0.3) is 20.7 Å². The van der Waals surface area contributed by atoms with Crippen LogP contribution in [0.15, 0.2) is 42.7 Å². The molecular formula is C23H26N4OS. The summed E-state index contributed by atoms with van der Waals surface area (Å²) in [6, 6.07) is 12.7. The van der Waals surface area contributed by atoms with Crippen LogP contribution in [0.1, 0.15) is 32.1 Å². The molecule has 0 spiro atoms. The summed E-state index contributed by atoms with van der Waals surface area (Å²) in [5, 5.41) is 1.12. The average Bonchev–Trinajstić information content (AvgIpc) is 3.24. The molecule has 2 aromatic heterocycles. The highest BCUT2D eigenvalue weighted by atomic mass is 32.1. The molecule has 2 aliphatic heterocycles. The minimum atomic E-state index is 0.170. The predicted octanol–water partition coefficient (Wildman–Crippen LogP) is 4.59. The van der Waals surface area contributed by atoms with Crippen molar-refractivity contribution in [3.05, 3.63) is 42.7 Å². The monoisotopic (exact) mass is 406 g/mol. The van der Waals surface area contributed by atoms with Crippen LogP contribution in [0.2, 0.25) is 0 Å². The molecule has 0 aliphatic carbocycles. The van der Waals surface area contributed by atoms with Gasteiger partial charge in [-0.25, -0.2) is 9.97 Å². The van der Waals surface area contributed by atoms with Crippen molar-refractivity contribution in [2.75, 3.05) is 31.1 Å². The van der Waals surface area contributed by atoms with E-state index in [4.69, 9.17) is 0 Å². The first-order valence-corrected chi connectivity index (χ1v) is 11.4. The van der Waals surface area contributed by atoms with Crippen LogP contribution in [0, 0.1) is 5.92 Å². The lowest BCUT2D eigenvalue weighted by Crippen LogP contribution is -2.44. The topological polar surface area (TPSA) is 49.3 Å². The largest absolute Gasteiger partial charge is 0.356 e. The number of aromatic nitrogens is 2. The van der Waals surface area contributed by atoms with Gasteiger partial charge in [0.05, 0.1) is 5.39 Å². The second kappa shape index (κ2) is 8.11. The van der Waals surface area contributed by atoms with Gasteiger partial charge >= 0.3 is 0 Å². The molecule has 150 valence electrons. The third kappa shape index (κ3) is 3.73. The van der Waals surface area contributed by atoms with Crippen molar-refractivity contribution < 1.29 is 4.79 Å². The number of rotatable bonds is 3. The number of carbonyl (C=O) groups is 1. The highest BCUT2D eigenvalue weighted by molar-refractivity contribution is 7.21. The van der Waals surface area contributed by atoms with Crippen molar-refractivity contribution in [3.63, 3.8) is 0 Å². The summed E-state index contributed by atoms with van der Waals surface area (Å²) in [4.78, 5) is 28.7. The van der Waals surface area contributed by atoms with E-state index < -0.39 is 0 Å². The molecule has 0 bridgehead atoms. The zero-order valence-corrected chi connectivity index (χ0v) is 17.4. The minimum absolute atomic E-state index is 0.170. The summed E-state index contributed by atoms with van der Waals surface area (Å²) in [6.45, 7) is 3.66. The van der Waals surface area contributed by atoms with Gasteiger partial charge in [0.25, 0.3) is 0 Å². The molecule has 0 radical (unpaired) electrons. The van der Waals surface area contributed by atoms with Crippen molar-refractivity contribution >= 4 is 33.3 Å². The zero-order valence-electron chi connectivity index (χ0n) is 16.6. The van der Waals surface area contributed by atoms with Crippen molar-refractivity contribution in [2.24, 2.45) is 5.92 Å². The maximum atomic E-state index is 12.9. The first kappa shape index (κ1) is 18.6. The molecule has 0 unspecified atom stereocenters. The Labute approximate surface area is 175 Å². The molecule has 5 nitrogen and oxygen atoms in total. The van der Waals surface area contributed by atoms with E-state index in [0.29, 0.717) is 5.91 Å². The molecule has 29 heavy (non-hydrogen) atoms. The number of piperidine rings is 2. The summed E-state index contributed by atoms with van der Waals surface area (Å²) in [5.74, 6) is 1.56. The van der Waals surface area contributed by atoms with Crippen molar-refractivity contribution in [2.45, 2.75) is 32.1 Å². The maximum absolute atomic E-state index is 12.9. The van der Waals surface area contributed by atoms with Crippen LogP contribution in [0.4, 0.5) is 5.82 Å². The lowest BCUT2D eigenvalue weighted by atomic mass is 9.94. The van der Waals surface area contributed by atoms with Gasteiger partial charge in [-0.3, -0.25) is 4.79 Å². The third-order valence-electron chi connectivity index (χ3n) is 6.18. The van der Waals surface area contributed by atoms with Gasteiger partial charge in [0.2, 0.25) is 5.91 Å². The molecule has 1 amide bonds. The molecule has 4 heterocycles. The maximum Gasteiger partial charge on any atom is 0.225 e. The third-order valence-corrected chi connectivity index (χ3v) is 7.27. The predicted molar refractivity (Wildman–Crippen MR) is 118 cm³/mol. The Morgan fingerprint density at radius 1 is 0.966 bits per heavy atom. The fraction of sp³-hybridized carbons (Fsp3) is 0.435. The summed E-state index contributed by atoms with van der Waals surface area (Å²) < 4.78 is 0. The Morgan fingerprint density at radius 3 is 2.48 bits per heavy atom. The molecule has 0 N–H and O–H groups in total. The van der Waals surface area contributed by atoms with Gasteiger partial charge in [0.15, 0.2) is 0 Å². The zero-order chi connectivity index (χ0) is 19.6. The number of hydrogen-bond donors (Lipinski definition) is 0. The van der Waals surface area contributed by atoms with Crippen molar-refractivity contribution in [3.8, 4) is 10.4 Å². The van der Waals surface area contributed by atoms with Crippen LogP contribution in [0.3, 0.4) is 0 Å². The highest BCUT2D eigenvalue weighted by Crippen LogP contribution is 2.37. The van der Waals surface area contributed by atoms with Gasteiger partial charge in [-0.15, -0.1) is 11.3 Å². The Balaban J connectivity index is 1.33. The van der Waals surface area contributed by atoms with Gasteiger partial charge in [-0.05, 0) is 43.7 Å². The number of thiophene rings is 1. The molecule has 2 saturated heterocycles. The molecule has 2 fully saturated rings. The molecule has 6 heteroatoms. The number of fused-ring (bicyclic) bond motifs is 1. The van der Waals surface area contributed by atoms with Gasteiger partial charge in [0.1, 0.15) is 17.0 Å². The van der Waals surface area contributed by atoms with Crippen molar-refractivity contribution in [1.82, 2.24) is 14.9 Å². The number of hydrogen-bond acceptors (Lipinski definition) is 5. The molecular weight excluding hydrogens is 380 g/mol.